The number of anilines is 1. The van der Waals surface area contributed by atoms with Crippen molar-refractivity contribution in [2.45, 2.75) is 0 Å². The van der Waals surface area contributed by atoms with Crippen LogP contribution in [0.4, 0.5) is 10.1 Å². The van der Waals surface area contributed by atoms with Gasteiger partial charge >= 0.3 is 0 Å². The zero-order valence-corrected chi connectivity index (χ0v) is 9.72. The van der Waals surface area contributed by atoms with E-state index in [4.69, 9.17) is 0 Å². The molecule has 94 valence electrons. The van der Waals surface area contributed by atoms with Gasteiger partial charge < -0.3 is 10.3 Å². The summed E-state index contributed by atoms with van der Waals surface area (Å²) < 4.78 is 13.2. The van der Waals surface area contributed by atoms with Crippen LogP contribution in [-0.2, 0) is 4.79 Å². The highest BCUT2D eigenvalue weighted by Crippen LogP contribution is 2.24. The number of H-pyrrole nitrogens is 1. The van der Waals surface area contributed by atoms with Crippen molar-refractivity contribution in [3.05, 3.63) is 53.6 Å². The summed E-state index contributed by atoms with van der Waals surface area (Å²) in [6.07, 6.45) is 3.24. The number of aromatic amines is 1. The Morgan fingerprint density at radius 3 is 2.95 bits per heavy atom. The molecule has 3 rings (SSSR count). The van der Waals surface area contributed by atoms with Crippen molar-refractivity contribution < 1.29 is 9.18 Å². The van der Waals surface area contributed by atoms with Gasteiger partial charge in [-0.15, -0.1) is 5.10 Å². The summed E-state index contributed by atoms with van der Waals surface area (Å²) >= 11 is 0. The Morgan fingerprint density at radius 1 is 1.26 bits per heavy atom. The number of hydrogen-bond acceptors (Lipinski definition) is 3. The third kappa shape index (κ3) is 2.15. The van der Waals surface area contributed by atoms with Gasteiger partial charge in [0.2, 0.25) is 0 Å². The van der Waals surface area contributed by atoms with Crippen LogP contribution in [0.5, 0.6) is 0 Å². The van der Waals surface area contributed by atoms with Gasteiger partial charge in [0.1, 0.15) is 5.82 Å². The molecule has 1 aliphatic rings. The van der Waals surface area contributed by atoms with E-state index in [0.29, 0.717) is 11.3 Å². The van der Waals surface area contributed by atoms with Gasteiger partial charge in [-0.1, -0.05) is 0 Å². The Hall–Kier alpha value is -2.76. The van der Waals surface area contributed by atoms with E-state index in [1.54, 1.807) is 6.20 Å². The molecule has 5 nitrogen and oxygen atoms in total. The third-order valence-electron chi connectivity index (χ3n) is 2.68. The quantitative estimate of drug-likeness (QED) is 0.625. The van der Waals surface area contributed by atoms with E-state index >= 15 is 0 Å². The standard InChI is InChI=1S/C13H9FN4O/c14-8-3-4-11-10(6-8)12(13(19)17-11)18-16-7-9-2-1-5-15-9/h1-7,15H,(H,17,18,19)/b16-7+. The van der Waals surface area contributed by atoms with E-state index in [1.165, 1.54) is 24.4 Å². The number of aromatic nitrogens is 1. The molecule has 19 heavy (non-hydrogen) atoms. The fourth-order valence-corrected chi connectivity index (χ4v) is 1.80. The van der Waals surface area contributed by atoms with Crippen LogP contribution in [0.1, 0.15) is 11.3 Å². The number of nitrogens with zero attached hydrogens (tertiary/aromatic N) is 2. The molecule has 0 unspecified atom stereocenters. The maximum Gasteiger partial charge on any atom is 0.276 e. The second-order valence-electron chi connectivity index (χ2n) is 3.96. The number of amides is 1. The molecule has 2 heterocycles. The number of benzene rings is 1. The van der Waals surface area contributed by atoms with E-state index in [0.717, 1.165) is 5.69 Å². The Kier molecular flexibility index (Phi) is 2.68. The van der Waals surface area contributed by atoms with Crippen molar-refractivity contribution >= 4 is 23.5 Å². The molecular weight excluding hydrogens is 247 g/mol. The average Bonchev–Trinajstić information content (AvgIpc) is 2.99. The van der Waals surface area contributed by atoms with Crippen LogP contribution >= 0.6 is 0 Å². The minimum absolute atomic E-state index is 0.109. The van der Waals surface area contributed by atoms with Crippen molar-refractivity contribution in [2.75, 3.05) is 5.32 Å². The first-order valence-electron chi connectivity index (χ1n) is 5.60. The lowest BCUT2D eigenvalue weighted by atomic mass is 10.1. The molecule has 2 N–H and O–H groups in total. The highest BCUT2D eigenvalue weighted by atomic mass is 19.1. The minimum Gasteiger partial charge on any atom is -0.360 e. The Balaban J connectivity index is 1.93. The van der Waals surface area contributed by atoms with Crippen LogP contribution in [0.3, 0.4) is 0 Å². The molecular formula is C13H9FN4O. The lowest BCUT2D eigenvalue weighted by Gasteiger charge is -1.95. The molecule has 1 aromatic heterocycles. The van der Waals surface area contributed by atoms with Crippen molar-refractivity contribution in [3.8, 4) is 0 Å². The largest absolute Gasteiger partial charge is 0.360 e. The minimum atomic E-state index is -0.420. The van der Waals surface area contributed by atoms with Crippen LogP contribution in [-0.4, -0.2) is 22.8 Å². The first-order valence-corrected chi connectivity index (χ1v) is 5.60. The maximum absolute atomic E-state index is 13.2. The van der Waals surface area contributed by atoms with E-state index in [9.17, 15) is 9.18 Å². The monoisotopic (exact) mass is 256 g/mol. The Bertz CT molecular complexity index is 689. The van der Waals surface area contributed by atoms with E-state index < -0.39 is 5.82 Å². The summed E-state index contributed by atoms with van der Waals surface area (Å²) in [5.74, 6) is -0.805. The van der Waals surface area contributed by atoms with Crippen LogP contribution in [0.15, 0.2) is 46.7 Å². The predicted octanol–water partition coefficient (Wildman–Crippen LogP) is 1.93. The van der Waals surface area contributed by atoms with Gasteiger partial charge in [0.25, 0.3) is 5.91 Å². The summed E-state index contributed by atoms with van der Waals surface area (Å²) in [4.78, 5) is 14.6. The fraction of sp³-hybridized carbons (Fsp3) is 0. The molecule has 0 saturated heterocycles. The summed E-state index contributed by atoms with van der Waals surface area (Å²) in [5, 5.41) is 10.3. The second-order valence-corrected chi connectivity index (χ2v) is 3.96. The van der Waals surface area contributed by atoms with Crippen molar-refractivity contribution in [2.24, 2.45) is 10.2 Å². The van der Waals surface area contributed by atoms with Gasteiger partial charge in [-0.2, -0.15) is 5.10 Å². The van der Waals surface area contributed by atoms with Crippen LogP contribution < -0.4 is 5.32 Å². The molecule has 0 saturated carbocycles. The molecule has 0 spiro atoms. The number of carbonyl (C=O) groups excluding carboxylic acids is 1. The van der Waals surface area contributed by atoms with Crippen LogP contribution in [0, 0.1) is 5.82 Å². The number of fused-ring (bicyclic) bond motifs is 1. The Morgan fingerprint density at radius 2 is 2.16 bits per heavy atom. The zero-order chi connectivity index (χ0) is 13.2. The summed E-state index contributed by atoms with van der Waals surface area (Å²) in [7, 11) is 0. The molecule has 0 bridgehead atoms. The van der Waals surface area contributed by atoms with Crippen molar-refractivity contribution in [1.29, 1.82) is 0 Å². The highest BCUT2D eigenvalue weighted by molar-refractivity contribution is 6.53. The summed E-state index contributed by atoms with van der Waals surface area (Å²) in [5.41, 5.74) is 1.84. The summed E-state index contributed by atoms with van der Waals surface area (Å²) in [6.45, 7) is 0. The molecule has 1 aliphatic heterocycles. The normalized spacial score (nSPS) is 16.1. The van der Waals surface area contributed by atoms with Gasteiger partial charge in [-0.3, -0.25) is 4.79 Å². The lowest BCUT2D eigenvalue weighted by molar-refractivity contribution is -0.110. The number of hydrogen-bond donors (Lipinski definition) is 2. The van der Waals surface area contributed by atoms with Gasteiger partial charge in [0.05, 0.1) is 17.6 Å². The highest BCUT2D eigenvalue weighted by Gasteiger charge is 2.26. The first kappa shape index (κ1) is 11.3. The zero-order valence-electron chi connectivity index (χ0n) is 9.72. The van der Waals surface area contributed by atoms with Crippen LogP contribution in [0.2, 0.25) is 0 Å². The number of halogens is 1. The molecule has 0 radical (unpaired) electrons. The molecule has 0 atom stereocenters. The lowest BCUT2D eigenvalue weighted by Crippen LogP contribution is -2.13. The van der Waals surface area contributed by atoms with Gasteiger partial charge in [-0.25, -0.2) is 4.39 Å². The van der Waals surface area contributed by atoms with Gasteiger partial charge in [0, 0.05) is 11.8 Å². The fourth-order valence-electron chi connectivity index (χ4n) is 1.80. The van der Waals surface area contributed by atoms with Crippen molar-refractivity contribution in [3.63, 3.8) is 0 Å². The topological polar surface area (TPSA) is 69.6 Å². The third-order valence-corrected chi connectivity index (χ3v) is 2.68. The van der Waals surface area contributed by atoms with Gasteiger partial charge in [-0.05, 0) is 30.3 Å². The van der Waals surface area contributed by atoms with Crippen LogP contribution in [0.25, 0.3) is 0 Å². The molecule has 0 fully saturated rings. The maximum atomic E-state index is 13.2. The molecule has 0 aliphatic carbocycles. The number of carbonyl (C=O) groups is 1. The first-order chi connectivity index (χ1) is 9.24. The second kappa shape index (κ2) is 4.49. The molecule has 1 aromatic carbocycles. The number of rotatable bonds is 2. The Labute approximate surface area is 107 Å². The van der Waals surface area contributed by atoms with E-state index in [2.05, 4.69) is 20.5 Å². The number of nitrogens with one attached hydrogen (secondary N) is 2. The molecule has 6 heteroatoms. The van der Waals surface area contributed by atoms with Crippen molar-refractivity contribution in [1.82, 2.24) is 4.98 Å². The van der Waals surface area contributed by atoms with Gasteiger partial charge in [0.15, 0.2) is 5.71 Å². The van der Waals surface area contributed by atoms with E-state index in [1.807, 2.05) is 12.1 Å². The van der Waals surface area contributed by atoms with E-state index in [-0.39, 0.29) is 11.6 Å². The average molecular weight is 256 g/mol. The predicted molar refractivity (Wildman–Crippen MR) is 70.0 cm³/mol. The smallest absolute Gasteiger partial charge is 0.276 e. The summed E-state index contributed by atoms with van der Waals surface area (Å²) in [6, 6.07) is 7.67. The molecule has 1 amide bonds. The molecule has 2 aromatic rings. The SMILES string of the molecule is O=C1Nc2ccc(F)cc2/C1=N/N=C/c1ccc[nH]1.